The number of amides is 1. The molecule has 1 aromatic heterocycles. The number of nitrogens with zero attached hydrogens (tertiary/aromatic N) is 2. The third-order valence-electron chi connectivity index (χ3n) is 3.31. The van der Waals surface area contributed by atoms with Crippen LogP contribution in [0.5, 0.6) is 5.75 Å². The van der Waals surface area contributed by atoms with Gasteiger partial charge in [0.1, 0.15) is 5.75 Å². The predicted octanol–water partition coefficient (Wildman–Crippen LogP) is 3.58. The van der Waals surface area contributed by atoms with Crippen LogP contribution in [-0.2, 0) is 0 Å². The van der Waals surface area contributed by atoms with Crippen molar-refractivity contribution >= 4 is 29.1 Å². The van der Waals surface area contributed by atoms with E-state index < -0.39 is 0 Å². The van der Waals surface area contributed by atoms with Crippen LogP contribution in [0.3, 0.4) is 0 Å². The molecule has 128 valence electrons. The summed E-state index contributed by atoms with van der Waals surface area (Å²) in [6, 6.07) is 3.58. The van der Waals surface area contributed by atoms with Crippen LogP contribution in [-0.4, -0.2) is 29.5 Å². The smallest absolute Gasteiger partial charge is 0.254 e. The molecule has 0 radical (unpaired) electrons. The summed E-state index contributed by atoms with van der Waals surface area (Å²) >= 11 is 6.09. The number of halogens is 1. The van der Waals surface area contributed by atoms with Crippen molar-refractivity contribution in [2.75, 3.05) is 19.0 Å². The van der Waals surface area contributed by atoms with E-state index in [1.54, 1.807) is 13.2 Å². The number of ether oxygens (including phenoxy) is 1. The Balaban J connectivity index is 2.12. The standard InChI is InChI=1S/C17H21ClN4O2/c1-10(2)7-19-16(23)12-8-20-17(21-9-12)22-14-5-11(3)13(18)6-15(14)24-4/h5-6,8-10H,7H2,1-4H3,(H,19,23)(H,20,21,22). The van der Waals surface area contributed by atoms with Gasteiger partial charge in [0.05, 0.1) is 18.4 Å². The Hall–Kier alpha value is -2.34. The van der Waals surface area contributed by atoms with Crippen molar-refractivity contribution in [2.45, 2.75) is 20.8 Å². The summed E-state index contributed by atoms with van der Waals surface area (Å²) in [5.74, 6) is 1.16. The van der Waals surface area contributed by atoms with Gasteiger partial charge in [0.25, 0.3) is 5.91 Å². The van der Waals surface area contributed by atoms with E-state index in [1.807, 2.05) is 26.8 Å². The molecule has 7 heteroatoms. The second-order valence-corrected chi connectivity index (χ2v) is 6.23. The molecule has 0 bridgehead atoms. The van der Waals surface area contributed by atoms with Gasteiger partial charge < -0.3 is 15.4 Å². The number of methoxy groups -OCH3 is 1. The molecule has 0 fully saturated rings. The molecule has 0 atom stereocenters. The zero-order valence-electron chi connectivity index (χ0n) is 14.2. The zero-order chi connectivity index (χ0) is 17.7. The monoisotopic (exact) mass is 348 g/mol. The highest BCUT2D eigenvalue weighted by Crippen LogP contribution is 2.32. The lowest BCUT2D eigenvalue weighted by Gasteiger charge is -2.12. The van der Waals surface area contributed by atoms with Crippen LogP contribution in [0.15, 0.2) is 24.5 Å². The maximum absolute atomic E-state index is 12.0. The van der Waals surface area contributed by atoms with Crippen molar-refractivity contribution < 1.29 is 9.53 Å². The van der Waals surface area contributed by atoms with E-state index in [2.05, 4.69) is 20.6 Å². The molecule has 0 saturated carbocycles. The number of benzene rings is 1. The van der Waals surface area contributed by atoms with Gasteiger partial charge in [0, 0.05) is 30.0 Å². The largest absolute Gasteiger partial charge is 0.495 e. The summed E-state index contributed by atoms with van der Waals surface area (Å²) in [5.41, 5.74) is 2.03. The van der Waals surface area contributed by atoms with Crippen molar-refractivity contribution in [3.8, 4) is 5.75 Å². The number of nitrogens with one attached hydrogen (secondary N) is 2. The van der Waals surface area contributed by atoms with Crippen LogP contribution in [0.4, 0.5) is 11.6 Å². The Bertz CT molecular complexity index is 717. The minimum Gasteiger partial charge on any atom is -0.495 e. The van der Waals surface area contributed by atoms with Gasteiger partial charge in [-0.3, -0.25) is 4.79 Å². The number of rotatable bonds is 6. The Morgan fingerprint density at radius 1 is 1.29 bits per heavy atom. The molecule has 0 aliphatic rings. The van der Waals surface area contributed by atoms with Crippen LogP contribution in [0.1, 0.15) is 29.8 Å². The second kappa shape index (κ2) is 7.97. The molecule has 0 aliphatic carbocycles. The van der Waals surface area contributed by atoms with E-state index in [0.717, 1.165) is 5.56 Å². The molecule has 1 aromatic carbocycles. The Morgan fingerprint density at radius 2 is 1.96 bits per heavy atom. The second-order valence-electron chi connectivity index (χ2n) is 5.83. The van der Waals surface area contributed by atoms with Crippen molar-refractivity contribution in [2.24, 2.45) is 5.92 Å². The fraction of sp³-hybridized carbons (Fsp3) is 0.353. The van der Waals surface area contributed by atoms with Gasteiger partial charge in [-0.05, 0) is 24.5 Å². The molecule has 24 heavy (non-hydrogen) atoms. The molecule has 1 heterocycles. The van der Waals surface area contributed by atoms with E-state index in [1.165, 1.54) is 12.4 Å². The van der Waals surface area contributed by atoms with E-state index in [4.69, 9.17) is 16.3 Å². The Kier molecular flexibility index (Phi) is 5.98. The van der Waals surface area contributed by atoms with Crippen molar-refractivity contribution in [1.29, 1.82) is 0 Å². The quantitative estimate of drug-likeness (QED) is 0.834. The van der Waals surface area contributed by atoms with E-state index in [9.17, 15) is 4.79 Å². The van der Waals surface area contributed by atoms with Crippen LogP contribution in [0.2, 0.25) is 5.02 Å². The first kappa shape index (κ1) is 18.0. The van der Waals surface area contributed by atoms with Crippen LogP contribution >= 0.6 is 11.6 Å². The maximum Gasteiger partial charge on any atom is 0.254 e. The van der Waals surface area contributed by atoms with Crippen LogP contribution in [0.25, 0.3) is 0 Å². The summed E-state index contributed by atoms with van der Waals surface area (Å²) < 4.78 is 5.30. The van der Waals surface area contributed by atoms with Gasteiger partial charge >= 0.3 is 0 Å². The molecule has 2 rings (SSSR count). The molecule has 0 unspecified atom stereocenters. The molecule has 2 aromatic rings. The number of hydrogen-bond donors (Lipinski definition) is 2. The number of anilines is 2. The van der Waals surface area contributed by atoms with Crippen molar-refractivity contribution in [1.82, 2.24) is 15.3 Å². The fourth-order valence-electron chi connectivity index (χ4n) is 1.96. The molecular weight excluding hydrogens is 328 g/mol. The lowest BCUT2D eigenvalue weighted by molar-refractivity contribution is 0.0948. The van der Waals surface area contributed by atoms with Gasteiger partial charge in [-0.2, -0.15) is 0 Å². The predicted molar refractivity (Wildman–Crippen MR) is 95.2 cm³/mol. The van der Waals surface area contributed by atoms with Crippen LogP contribution < -0.4 is 15.4 Å². The van der Waals surface area contributed by atoms with Gasteiger partial charge in [-0.15, -0.1) is 0 Å². The average Bonchev–Trinajstić information content (AvgIpc) is 2.56. The topological polar surface area (TPSA) is 76.1 Å². The number of aryl methyl sites for hydroxylation is 1. The van der Waals surface area contributed by atoms with Crippen molar-refractivity contribution in [3.63, 3.8) is 0 Å². The molecule has 0 spiro atoms. The minimum atomic E-state index is -0.185. The van der Waals surface area contributed by atoms with Gasteiger partial charge in [-0.1, -0.05) is 25.4 Å². The highest BCUT2D eigenvalue weighted by molar-refractivity contribution is 6.31. The fourth-order valence-corrected chi connectivity index (χ4v) is 2.11. The van der Waals surface area contributed by atoms with E-state index in [-0.39, 0.29) is 5.91 Å². The third kappa shape index (κ3) is 4.58. The van der Waals surface area contributed by atoms with Gasteiger partial charge in [0.15, 0.2) is 0 Å². The maximum atomic E-state index is 12.0. The number of carbonyl (C=O) groups is 1. The van der Waals surface area contributed by atoms with Crippen molar-refractivity contribution in [3.05, 3.63) is 40.7 Å². The molecule has 0 aliphatic heterocycles. The lowest BCUT2D eigenvalue weighted by Crippen LogP contribution is -2.27. The summed E-state index contributed by atoms with van der Waals surface area (Å²) in [6.45, 7) is 6.58. The number of aromatic nitrogens is 2. The molecule has 2 N–H and O–H groups in total. The number of carbonyl (C=O) groups excluding carboxylic acids is 1. The molecule has 0 saturated heterocycles. The summed E-state index contributed by atoms with van der Waals surface area (Å²) in [4.78, 5) is 20.3. The van der Waals surface area contributed by atoms with E-state index in [0.29, 0.717) is 40.4 Å². The summed E-state index contributed by atoms with van der Waals surface area (Å²) in [5, 5.41) is 6.52. The summed E-state index contributed by atoms with van der Waals surface area (Å²) in [6.07, 6.45) is 2.97. The minimum absolute atomic E-state index is 0.185. The Morgan fingerprint density at radius 3 is 2.54 bits per heavy atom. The number of hydrogen-bond acceptors (Lipinski definition) is 5. The van der Waals surface area contributed by atoms with Crippen LogP contribution in [0, 0.1) is 12.8 Å². The highest BCUT2D eigenvalue weighted by atomic mass is 35.5. The van der Waals surface area contributed by atoms with E-state index >= 15 is 0 Å². The van der Waals surface area contributed by atoms with Gasteiger partial charge in [-0.25, -0.2) is 9.97 Å². The zero-order valence-corrected chi connectivity index (χ0v) is 14.9. The normalized spacial score (nSPS) is 10.6. The summed E-state index contributed by atoms with van der Waals surface area (Å²) in [7, 11) is 1.56. The SMILES string of the molecule is COc1cc(Cl)c(C)cc1Nc1ncc(C(=O)NCC(C)C)cn1. The molecule has 1 amide bonds. The first-order valence-electron chi connectivity index (χ1n) is 7.62. The van der Waals surface area contributed by atoms with Gasteiger partial charge in [0.2, 0.25) is 5.95 Å². The Labute approximate surface area is 146 Å². The third-order valence-corrected chi connectivity index (χ3v) is 3.72. The lowest BCUT2D eigenvalue weighted by atomic mass is 10.2. The first-order chi connectivity index (χ1) is 11.4. The molecular formula is C17H21ClN4O2. The average molecular weight is 349 g/mol. The first-order valence-corrected chi connectivity index (χ1v) is 8.00. The highest BCUT2D eigenvalue weighted by Gasteiger charge is 2.10. The molecule has 6 nitrogen and oxygen atoms in total.